The Kier molecular flexibility index (Phi) is 4.46. The third-order valence-electron chi connectivity index (χ3n) is 3.95. The standard InChI is InChI=1S/C19H17NO4S/c1-13-16(15-10-6-7-11-17(15)20-13)12-18(19(21)24-2)25(22,23)14-8-4-3-5-9-14/h3-12,20H,1-2H3/b18-12+. The van der Waals surface area contributed by atoms with Crippen LogP contribution in [0.5, 0.6) is 0 Å². The van der Waals surface area contributed by atoms with E-state index in [0.29, 0.717) is 5.56 Å². The van der Waals surface area contributed by atoms with Crippen molar-refractivity contribution >= 4 is 32.8 Å². The Hall–Kier alpha value is -2.86. The summed E-state index contributed by atoms with van der Waals surface area (Å²) in [5, 5.41) is 0.838. The van der Waals surface area contributed by atoms with Gasteiger partial charge in [-0.25, -0.2) is 13.2 Å². The molecule has 6 heteroatoms. The summed E-state index contributed by atoms with van der Waals surface area (Å²) < 4.78 is 30.6. The number of aromatic amines is 1. The second-order valence-electron chi connectivity index (χ2n) is 5.53. The average molecular weight is 355 g/mol. The van der Waals surface area contributed by atoms with Crippen LogP contribution in [0.3, 0.4) is 0 Å². The number of benzene rings is 2. The first-order valence-corrected chi connectivity index (χ1v) is 9.11. The van der Waals surface area contributed by atoms with E-state index in [1.54, 1.807) is 18.2 Å². The van der Waals surface area contributed by atoms with Gasteiger partial charge in [-0.05, 0) is 31.2 Å². The van der Waals surface area contributed by atoms with E-state index in [4.69, 9.17) is 4.74 Å². The van der Waals surface area contributed by atoms with Crippen LogP contribution in [-0.4, -0.2) is 26.5 Å². The fourth-order valence-corrected chi connectivity index (χ4v) is 4.03. The number of esters is 1. The summed E-state index contributed by atoms with van der Waals surface area (Å²) in [5.74, 6) is -0.895. The predicted molar refractivity (Wildman–Crippen MR) is 96.7 cm³/mol. The number of hydrogen-bond acceptors (Lipinski definition) is 4. The average Bonchev–Trinajstić information content (AvgIpc) is 2.94. The third-order valence-corrected chi connectivity index (χ3v) is 5.70. The molecule has 0 aliphatic carbocycles. The molecule has 1 aromatic heterocycles. The number of para-hydroxylation sites is 1. The first-order chi connectivity index (χ1) is 11.9. The van der Waals surface area contributed by atoms with Crippen molar-refractivity contribution in [2.24, 2.45) is 0 Å². The van der Waals surface area contributed by atoms with Crippen LogP contribution < -0.4 is 0 Å². The molecule has 3 aromatic rings. The number of hydrogen-bond donors (Lipinski definition) is 1. The van der Waals surface area contributed by atoms with Crippen LogP contribution in [0.1, 0.15) is 11.3 Å². The van der Waals surface area contributed by atoms with Crippen molar-refractivity contribution in [3.05, 3.63) is 70.8 Å². The van der Waals surface area contributed by atoms with E-state index in [-0.39, 0.29) is 4.90 Å². The van der Waals surface area contributed by atoms with Crippen molar-refractivity contribution in [1.29, 1.82) is 0 Å². The lowest BCUT2D eigenvalue weighted by Gasteiger charge is -2.08. The lowest BCUT2D eigenvalue weighted by Crippen LogP contribution is -2.15. The van der Waals surface area contributed by atoms with E-state index >= 15 is 0 Å². The first kappa shape index (κ1) is 17.0. The van der Waals surface area contributed by atoms with Crippen LogP contribution in [0.2, 0.25) is 0 Å². The van der Waals surface area contributed by atoms with Crippen LogP contribution >= 0.6 is 0 Å². The van der Waals surface area contributed by atoms with Gasteiger partial charge in [-0.1, -0.05) is 36.4 Å². The normalized spacial score (nSPS) is 12.3. The van der Waals surface area contributed by atoms with Crippen molar-refractivity contribution in [2.45, 2.75) is 11.8 Å². The van der Waals surface area contributed by atoms with Gasteiger partial charge in [-0.2, -0.15) is 0 Å². The maximum atomic E-state index is 12.9. The predicted octanol–water partition coefficient (Wildman–Crippen LogP) is 3.46. The van der Waals surface area contributed by atoms with Gasteiger partial charge >= 0.3 is 5.97 Å². The Morgan fingerprint density at radius 1 is 1.04 bits per heavy atom. The number of ether oxygens (including phenoxy) is 1. The molecule has 0 radical (unpaired) electrons. The lowest BCUT2D eigenvalue weighted by atomic mass is 10.1. The Morgan fingerprint density at radius 2 is 1.68 bits per heavy atom. The summed E-state index contributed by atoms with van der Waals surface area (Å²) in [6.07, 6.45) is 1.38. The van der Waals surface area contributed by atoms with Crippen LogP contribution in [0, 0.1) is 6.92 Å². The smallest absolute Gasteiger partial charge is 0.349 e. The molecule has 1 N–H and O–H groups in total. The fraction of sp³-hybridized carbons (Fsp3) is 0.105. The Balaban J connectivity index is 2.25. The van der Waals surface area contributed by atoms with Crippen molar-refractivity contribution in [3.8, 4) is 0 Å². The summed E-state index contributed by atoms with van der Waals surface area (Å²) in [5.41, 5.74) is 2.29. The second kappa shape index (κ2) is 6.57. The number of fused-ring (bicyclic) bond motifs is 1. The zero-order chi connectivity index (χ0) is 18.0. The number of aryl methyl sites for hydroxylation is 1. The van der Waals surface area contributed by atoms with Gasteiger partial charge in [0.1, 0.15) is 0 Å². The van der Waals surface area contributed by atoms with Crippen molar-refractivity contribution in [1.82, 2.24) is 4.98 Å². The Labute approximate surface area is 145 Å². The van der Waals surface area contributed by atoms with Crippen molar-refractivity contribution < 1.29 is 17.9 Å². The number of H-pyrrole nitrogens is 1. The molecule has 0 saturated carbocycles. The maximum absolute atomic E-state index is 12.9. The molecule has 25 heavy (non-hydrogen) atoms. The zero-order valence-corrected chi connectivity index (χ0v) is 14.6. The van der Waals surface area contributed by atoms with E-state index in [9.17, 15) is 13.2 Å². The Bertz CT molecular complexity index is 1060. The van der Waals surface area contributed by atoms with Gasteiger partial charge in [-0.3, -0.25) is 0 Å². The largest absolute Gasteiger partial charge is 0.465 e. The van der Waals surface area contributed by atoms with Gasteiger partial charge in [0.2, 0.25) is 9.84 Å². The first-order valence-electron chi connectivity index (χ1n) is 7.62. The quantitative estimate of drug-likeness (QED) is 0.574. The van der Waals surface area contributed by atoms with Crippen LogP contribution in [-0.2, 0) is 19.4 Å². The topological polar surface area (TPSA) is 76.2 Å². The molecule has 0 unspecified atom stereocenters. The highest BCUT2D eigenvalue weighted by molar-refractivity contribution is 7.96. The van der Waals surface area contributed by atoms with Crippen molar-refractivity contribution in [2.75, 3.05) is 7.11 Å². The molecular weight excluding hydrogens is 338 g/mol. The van der Waals surface area contributed by atoms with Gasteiger partial charge in [0.05, 0.1) is 12.0 Å². The minimum Gasteiger partial charge on any atom is -0.465 e. The highest BCUT2D eigenvalue weighted by atomic mass is 32.2. The molecule has 0 aliphatic heterocycles. The second-order valence-corrected chi connectivity index (χ2v) is 7.44. The number of rotatable bonds is 4. The molecule has 0 aliphatic rings. The number of carbonyl (C=O) groups is 1. The minimum atomic E-state index is -4.00. The number of carbonyl (C=O) groups excluding carboxylic acids is 1. The van der Waals surface area contributed by atoms with Gasteiger partial charge in [0, 0.05) is 22.2 Å². The molecule has 0 bridgehead atoms. The molecule has 2 aromatic carbocycles. The number of nitrogens with one attached hydrogen (secondary N) is 1. The molecule has 0 fully saturated rings. The summed E-state index contributed by atoms with van der Waals surface area (Å²) in [6.45, 7) is 1.83. The molecule has 3 rings (SSSR count). The zero-order valence-electron chi connectivity index (χ0n) is 13.8. The molecular formula is C19H17NO4S. The van der Waals surface area contributed by atoms with E-state index < -0.39 is 20.7 Å². The highest BCUT2D eigenvalue weighted by Crippen LogP contribution is 2.28. The molecule has 0 saturated heterocycles. The highest BCUT2D eigenvalue weighted by Gasteiger charge is 2.28. The minimum absolute atomic E-state index is 0.0455. The van der Waals surface area contributed by atoms with Gasteiger partial charge in [0.25, 0.3) is 0 Å². The molecule has 128 valence electrons. The van der Waals surface area contributed by atoms with E-state index in [0.717, 1.165) is 16.6 Å². The molecule has 5 nitrogen and oxygen atoms in total. The fourth-order valence-electron chi connectivity index (χ4n) is 2.69. The van der Waals surface area contributed by atoms with E-state index in [1.165, 1.54) is 25.3 Å². The van der Waals surface area contributed by atoms with Crippen LogP contribution in [0.25, 0.3) is 17.0 Å². The summed E-state index contributed by atoms with van der Waals surface area (Å²) in [4.78, 5) is 15.1. The van der Waals surface area contributed by atoms with Gasteiger partial charge < -0.3 is 9.72 Å². The summed E-state index contributed by atoms with van der Waals surface area (Å²) in [7, 11) is -2.84. The van der Waals surface area contributed by atoms with E-state index in [2.05, 4.69) is 4.98 Å². The number of aromatic nitrogens is 1. The molecule has 0 atom stereocenters. The van der Waals surface area contributed by atoms with Gasteiger partial charge in [-0.15, -0.1) is 0 Å². The third kappa shape index (κ3) is 3.08. The SMILES string of the molecule is COC(=O)/C(=C\c1c(C)[nH]c2ccccc12)S(=O)(=O)c1ccccc1. The molecule has 0 spiro atoms. The Morgan fingerprint density at radius 3 is 2.36 bits per heavy atom. The maximum Gasteiger partial charge on any atom is 0.349 e. The van der Waals surface area contributed by atoms with Crippen LogP contribution in [0.15, 0.2) is 64.4 Å². The van der Waals surface area contributed by atoms with Gasteiger partial charge in [0.15, 0.2) is 4.91 Å². The summed E-state index contributed by atoms with van der Waals surface area (Å²) in [6, 6.07) is 15.3. The summed E-state index contributed by atoms with van der Waals surface area (Å²) >= 11 is 0. The number of sulfone groups is 1. The number of methoxy groups -OCH3 is 1. The lowest BCUT2D eigenvalue weighted by molar-refractivity contribution is -0.135. The van der Waals surface area contributed by atoms with Crippen LogP contribution in [0.4, 0.5) is 0 Å². The molecule has 1 heterocycles. The molecule has 0 amide bonds. The monoisotopic (exact) mass is 355 g/mol. The van der Waals surface area contributed by atoms with Crippen molar-refractivity contribution in [3.63, 3.8) is 0 Å². The van der Waals surface area contributed by atoms with E-state index in [1.807, 2.05) is 31.2 Å².